The van der Waals surface area contributed by atoms with Gasteiger partial charge in [0.2, 0.25) is 0 Å². The van der Waals surface area contributed by atoms with E-state index in [4.69, 9.17) is 9.15 Å². The molecule has 6 heteroatoms. The molecule has 0 bridgehead atoms. The van der Waals surface area contributed by atoms with Gasteiger partial charge in [-0.2, -0.15) is 0 Å². The number of rotatable bonds is 6. The van der Waals surface area contributed by atoms with E-state index in [0.29, 0.717) is 5.56 Å². The first-order chi connectivity index (χ1) is 12.6. The molecule has 0 fully saturated rings. The third-order valence-corrected chi connectivity index (χ3v) is 4.21. The van der Waals surface area contributed by atoms with Crippen molar-refractivity contribution in [1.82, 2.24) is 5.32 Å². The van der Waals surface area contributed by atoms with Crippen molar-refractivity contribution in [1.29, 1.82) is 0 Å². The molecular weight excluding hydrogens is 398 g/mol. The molecule has 1 atom stereocenters. The van der Waals surface area contributed by atoms with Crippen LogP contribution in [0.3, 0.4) is 0 Å². The summed E-state index contributed by atoms with van der Waals surface area (Å²) in [6, 6.07) is 18.6. The molecule has 5 nitrogen and oxygen atoms in total. The summed E-state index contributed by atoms with van der Waals surface area (Å²) in [5.74, 6) is -0.893. The van der Waals surface area contributed by atoms with Crippen LogP contribution in [0.25, 0.3) is 0 Å². The highest BCUT2D eigenvalue weighted by Gasteiger charge is 2.25. The summed E-state index contributed by atoms with van der Waals surface area (Å²) in [5, 5.41) is 2.67. The van der Waals surface area contributed by atoms with Gasteiger partial charge in [-0.25, -0.2) is 4.79 Å². The quantitative estimate of drug-likeness (QED) is 0.613. The highest BCUT2D eigenvalue weighted by molar-refractivity contribution is 9.10. The second-order valence-corrected chi connectivity index (χ2v) is 6.44. The van der Waals surface area contributed by atoms with Gasteiger partial charge in [-0.1, -0.05) is 58.4 Å². The Morgan fingerprint density at radius 3 is 2.38 bits per heavy atom. The van der Waals surface area contributed by atoms with Crippen LogP contribution in [-0.2, 0) is 16.1 Å². The van der Waals surface area contributed by atoms with E-state index in [0.717, 1.165) is 10.0 Å². The molecule has 132 valence electrons. The predicted octanol–water partition coefficient (Wildman–Crippen LogP) is 4.26. The SMILES string of the molecule is O=C(NC(C(=O)OCc1ccc(Br)cc1)c1ccccc1)c1ccco1. The maximum atomic E-state index is 12.6. The van der Waals surface area contributed by atoms with Crippen LogP contribution < -0.4 is 5.32 Å². The molecule has 0 radical (unpaired) electrons. The lowest BCUT2D eigenvalue weighted by Gasteiger charge is -2.17. The first-order valence-corrected chi connectivity index (χ1v) is 8.73. The molecule has 1 aromatic heterocycles. The van der Waals surface area contributed by atoms with Crippen molar-refractivity contribution in [2.45, 2.75) is 12.6 Å². The number of carbonyl (C=O) groups is 2. The second-order valence-electron chi connectivity index (χ2n) is 5.53. The van der Waals surface area contributed by atoms with Crippen molar-refractivity contribution in [2.24, 2.45) is 0 Å². The summed E-state index contributed by atoms with van der Waals surface area (Å²) in [7, 11) is 0. The molecule has 1 amide bonds. The van der Waals surface area contributed by atoms with Gasteiger partial charge >= 0.3 is 5.97 Å². The van der Waals surface area contributed by atoms with Gasteiger partial charge in [-0.05, 0) is 35.4 Å². The number of amides is 1. The standard InChI is InChI=1S/C20H16BrNO4/c21-16-10-8-14(9-11-16)13-26-20(24)18(15-5-2-1-3-6-15)22-19(23)17-7-4-12-25-17/h1-12,18H,13H2,(H,22,23). The number of carbonyl (C=O) groups excluding carboxylic acids is 2. The number of hydrogen-bond acceptors (Lipinski definition) is 4. The van der Waals surface area contributed by atoms with E-state index in [9.17, 15) is 9.59 Å². The molecule has 26 heavy (non-hydrogen) atoms. The zero-order chi connectivity index (χ0) is 18.4. The number of halogens is 1. The van der Waals surface area contributed by atoms with E-state index in [1.807, 2.05) is 30.3 Å². The van der Waals surface area contributed by atoms with E-state index in [-0.39, 0.29) is 12.4 Å². The Labute approximate surface area is 159 Å². The zero-order valence-electron chi connectivity index (χ0n) is 13.7. The van der Waals surface area contributed by atoms with Crippen LogP contribution in [0.15, 0.2) is 81.9 Å². The highest BCUT2D eigenvalue weighted by atomic mass is 79.9. The van der Waals surface area contributed by atoms with Gasteiger partial charge in [0.1, 0.15) is 6.61 Å². The minimum atomic E-state index is -0.927. The maximum absolute atomic E-state index is 12.6. The molecule has 0 saturated carbocycles. The predicted molar refractivity (Wildman–Crippen MR) is 99.3 cm³/mol. The fourth-order valence-electron chi connectivity index (χ4n) is 2.35. The van der Waals surface area contributed by atoms with E-state index in [2.05, 4.69) is 21.2 Å². The van der Waals surface area contributed by atoms with E-state index in [1.54, 1.807) is 30.3 Å². The minimum Gasteiger partial charge on any atom is -0.459 e. The molecule has 0 saturated heterocycles. The van der Waals surface area contributed by atoms with Crippen LogP contribution in [0.2, 0.25) is 0 Å². The molecule has 3 rings (SSSR count). The summed E-state index contributed by atoms with van der Waals surface area (Å²) in [4.78, 5) is 24.9. The Hall–Kier alpha value is -2.86. The Bertz CT molecular complexity index is 861. The molecule has 0 aliphatic heterocycles. The fourth-order valence-corrected chi connectivity index (χ4v) is 2.62. The summed E-state index contributed by atoms with van der Waals surface area (Å²) < 4.78 is 11.4. The Balaban J connectivity index is 1.73. The van der Waals surface area contributed by atoms with Crippen LogP contribution in [0, 0.1) is 0 Å². The molecule has 1 N–H and O–H groups in total. The van der Waals surface area contributed by atoms with Crippen LogP contribution in [0.1, 0.15) is 27.7 Å². The minimum absolute atomic E-state index is 0.117. The lowest BCUT2D eigenvalue weighted by atomic mass is 10.1. The van der Waals surface area contributed by atoms with E-state index >= 15 is 0 Å². The van der Waals surface area contributed by atoms with Crippen molar-refractivity contribution < 1.29 is 18.7 Å². The second kappa shape index (κ2) is 8.49. The Morgan fingerprint density at radius 1 is 1.00 bits per heavy atom. The van der Waals surface area contributed by atoms with Crippen molar-refractivity contribution in [3.8, 4) is 0 Å². The summed E-state index contributed by atoms with van der Waals surface area (Å²) in [6.07, 6.45) is 1.40. The van der Waals surface area contributed by atoms with Gasteiger partial charge in [0.15, 0.2) is 11.8 Å². The summed E-state index contributed by atoms with van der Waals surface area (Å²) in [5.41, 5.74) is 1.49. The van der Waals surface area contributed by atoms with Gasteiger partial charge in [0, 0.05) is 4.47 Å². The van der Waals surface area contributed by atoms with E-state index < -0.39 is 17.9 Å². The van der Waals surface area contributed by atoms with Crippen LogP contribution in [-0.4, -0.2) is 11.9 Å². The Morgan fingerprint density at radius 2 is 1.73 bits per heavy atom. The number of ether oxygens (including phenoxy) is 1. The van der Waals surface area contributed by atoms with Crippen LogP contribution >= 0.6 is 15.9 Å². The summed E-state index contributed by atoms with van der Waals surface area (Å²) >= 11 is 3.36. The lowest BCUT2D eigenvalue weighted by Crippen LogP contribution is -2.34. The van der Waals surface area contributed by atoms with Crippen molar-refractivity contribution in [3.63, 3.8) is 0 Å². The first kappa shape index (κ1) is 17.9. The highest BCUT2D eigenvalue weighted by Crippen LogP contribution is 2.17. The van der Waals surface area contributed by atoms with Crippen molar-refractivity contribution >= 4 is 27.8 Å². The fraction of sp³-hybridized carbons (Fsp3) is 0.100. The van der Waals surface area contributed by atoms with Crippen molar-refractivity contribution in [2.75, 3.05) is 0 Å². The number of furan rings is 1. The van der Waals surface area contributed by atoms with Gasteiger partial charge < -0.3 is 14.5 Å². The monoisotopic (exact) mass is 413 g/mol. The van der Waals surface area contributed by atoms with Crippen LogP contribution in [0.4, 0.5) is 0 Å². The normalized spacial score (nSPS) is 11.6. The van der Waals surface area contributed by atoms with Gasteiger partial charge in [-0.3, -0.25) is 4.79 Å². The lowest BCUT2D eigenvalue weighted by molar-refractivity contribution is -0.147. The smallest absolute Gasteiger partial charge is 0.333 e. The van der Waals surface area contributed by atoms with Gasteiger partial charge in [-0.15, -0.1) is 0 Å². The molecule has 0 aliphatic rings. The Kier molecular flexibility index (Phi) is 5.86. The summed E-state index contributed by atoms with van der Waals surface area (Å²) in [6.45, 7) is 0.117. The third-order valence-electron chi connectivity index (χ3n) is 3.68. The van der Waals surface area contributed by atoms with Gasteiger partial charge in [0.05, 0.1) is 6.26 Å². The van der Waals surface area contributed by atoms with Crippen LogP contribution in [0.5, 0.6) is 0 Å². The molecule has 1 unspecified atom stereocenters. The van der Waals surface area contributed by atoms with Crippen molar-refractivity contribution in [3.05, 3.63) is 94.4 Å². The number of esters is 1. The number of benzene rings is 2. The average molecular weight is 414 g/mol. The molecule has 0 spiro atoms. The molecule has 0 aliphatic carbocycles. The average Bonchev–Trinajstić information content (AvgIpc) is 3.21. The number of hydrogen-bond donors (Lipinski definition) is 1. The molecule has 2 aromatic carbocycles. The first-order valence-electron chi connectivity index (χ1n) is 7.94. The van der Waals surface area contributed by atoms with E-state index in [1.165, 1.54) is 12.3 Å². The largest absolute Gasteiger partial charge is 0.459 e. The maximum Gasteiger partial charge on any atom is 0.333 e. The van der Waals surface area contributed by atoms with Gasteiger partial charge in [0.25, 0.3) is 5.91 Å². The molecule has 1 heterocycles. The zero-order valence-corrected chi connectivity index (χ0v) is 15.3. The molecular formula is C20H16BrNO4. The molecule has 3 aromatic rings. The third kappa shape index (κ3) is 4.61. The number of nitrogens with one attached hydrogen (secondary N) is 1. The topological polar surface area (TPSA) is 68.5 Å².